The summed E-state index contributed by atoms with van der Waals surface area (Å²) < 4.78 is 0. The molecule has 1 fully saturated rings. The zero-order valence-corrected chi connectivity index (χ0v) is 13.4. The van der Waals surface area contributed by atoms with Gasteiger partial charge in [-0.15, -0.1) is 0 Å². The molecule has 22 heavy (non-hydrogen) atoms. The monoisotopic (exact) mass is 314 g/mol. The Balaban J connectivity index is 1.93. The van der Waals surface area contributed by atoms with Gasteiger partial charge in [-0.1, -0.05) is 29.8 Å². The summed E-state index contributed by atoms with van der Waals surface area (Å²) in [5.74, 6) is 0.0969. The number of likely N-dealkylation sites (tertiary alicyclic amines) is 1. The molecule has 1 amide bonds. The van der Waals surface area contributed by atoms with Gasteiger partial charge in [0.15, 0.2) is 0 Å². The quantitative estimate of drug-likeness (QED) is 0.769. The summed E-state index contributed by atoms with van der Waals surface area (Å²) in [4.78, 5) is 19.0. The van der Waals surface area contributed by atoms with Crippen molar-refractivity contribution in [1.82, 2.24) is 9.88 Å². The highest BCUT2D eigenvalue weighted by molar-refractivity contribution is 6.29. The van der Waals surface area contributed by atoms with Crippen molar-refractivity contribution in [3.8, 4) is 0 Å². The average Bonchev–Trinajstić information content (AvgIpc) is 2.55. The number of carbonyl (C=O) groups is 1. The van der Waals surface area contributed by atoms with Gasteiger partial charge in [-0.2, -0.15) is 0 Å². The molecule has 1 aliphatic rings. The maximum absolute atomic E-state index is 12.8. The van der Waals surface area contributed by atoms with E-state index in [1.54, 1.807) is 0 Å². The Morgan fingerprint density at radius 2 is 2.05 bits per heavy atom. The van der Waals surface area contributed by atoms with E-state index >= 15 is 0 Å². The first-order chi connectivity index (χ1) is 10.7. The van der Waals surface area contributed by atoms with Crippen molar-refractivity contribution in [3.63, 3.8) is 0 Å². The summed E-state index contributed by atoms with van der Waals surface area (Å²) in [6, 6.07) is 11.4. The molecule has 0 N–H and O–H groups in total. The SMILES string of the molecule is Cc1cc(Cl)ncc1[C@H]1CCCCN1C(=O)c1ccccc1. The van der Waals surface area contributed by atoms with E-state index in [1.807, 2.05) is 54.4 Å². The Morgan fingerprint density at radius 1 is 1.27 bits per heavy atom. The fourth-order valence-electron chi connectivity index (χ4n) is 3.13. The molecule has 0 spiro atoms. The number of aryl methyl sites for hydroxylation is 1. The lowest BCUT2D eigenvalue weighted by Crippen LogP contribution is -2.38. The van der Waals surface area contributed by atoms with Crippen LogP contribution in [-0.4, -0.2) is 22.3 Å². The van der Waals surface area contributed by atoms with Crippen LogP contribution >= 0.6 is 11.6 Å². The van der Waals surface area contributed by atoms with Crippen molar-refractivity contribution in [1.29, 1.82) is 0 Å². The van der Waals surface area contributed by atoms with Crippen LogP contribution in [0.1, 0.15) is 46.8 Å². The zero-order chi connectivity index (χ0) is 15.5. The lowest BCUT2D eigenvalue weighted by Gasteiger charge is -2.36. The predicted octanol–water partition coefficient (Wildman–Crippen LogP) is 4.41. The minimum atomic E-state index is 0.0891. The molecule has 2 heterocycles. The van der Waals surface area contributed by atoms with Crippen LogP contribution in [0.15, 0.2) is 42.6 Å². The lowest BCUT2D eigenvalue weighted by atomic mass is 9.93. The molecule has 114 valence electrons. The molecule has 1 aliphatic heterocycles. The number of nitrogens with zero attached hydrogens (tertiary/aromatic N) is 2. The molecule has 1 aromatic heterocycles. The van der Waals surface area contributed by atoms with Gasteiger partial charge in [-0.25, -0.2) is 4.98 Å². The molecule has 3 nitrogen and oxygen atoms in total. The number of carbonyl (C=O) groups excluding carboxylic acids is 1. The molecular weight excluding hydrogens is 296 g/mol. The highest BCUT2D eigenvalue weighted by atomic mass is 35.5. The van der Waals surface area contributed by atoms with Crippen molar-refractivity contribution < 1.29 is 4.79 Å². The van der Waals surface area contributed by atoms with E-state index in [2.05, 4.69) is 4.98 Å². The van der Waals surface area contributed by atoms with Gasteiger partial charge in [0.25, 0.3) is 5.91 Å². The zero-order valence-electron chi connectivity index (χ0n) is 12.6. The highest BCUT2D eigenvalue weighted by Gasteiger charge is 2.29. The summed E-state index contributed by atoms with van der Waals surface area (Å²) in [5, 5.41) is 0.498. The summed E-state index contributed by atoms with van der Waals surface area (Å²) in [6.07, 6.45) is 4.97. The molecule has 4 heteroatoms. The molecule has 1 saturated heterocycles. The van der Waals surface area contributed by atoms with Crippen LogP contribution in [0.3, 0.4) is 0 Å². The van der Waals surface area contributed by atoms with Gasteiger partial charge in [0.1, 0.15) is 5.15 Å². The Bertz CT molecular complexity index is 672. The highest BCUT2D eigenvalue weighted by Crippen LogP contribution is 2.34. The Labute approximate surface area is 135 Å². The number of hydrogen-bond acceptors (Lipinski definition) is 2. The van der Waals surface area contributed by atoms with Crippen LogP contribution in [-0.2, 0) is 0 Å². The molecule has 0 aliphatic carbocycles. The summed E-state index contributed by atoms with van der Waals surface area (Å²) >= 11 is 5.96. The standard InChI is InChI=1S/C18H19ClN2O/c1-13-11-17(19)20-12-15(13)16-9-5-6-10-21(16)18(22)14-7-3-2-4-8-14/h2-4,7-8,11-12,16H,5-6,9-10H2,1H3/t16-/m1/s1. The number of hydrogen-bond donors (Lipinski definition) is 0. The molecule has 1 aromatic carbocycles. The topological polar surface area (TPSA) is 33.2 Å². The second-order valence-electron chi connectivity index (χ2n) is 5.74. The van der Waals surface area contributed by atoms with Crippen molar-refractivity contribution in [2.24, 2.45) is 0 Å². The van der Waals surface area contributed by atoms with E-state index in [1.165, 1.54) is 0 Å². The summed E-state index contributed by atoms with van der Waals surface area (Å²) in [6.45, 7) is 2.82. The predicted molar refractivity (Wildman–Crippen MR) is 88.1 cm³/mol. The first-order valence-electron chi connectivity index (χ1n) is 7.65. The minimum absolute atomic E-state index is 0.0891. The van der Waals surface area contributed by atoms with Crippen LogP contribution in [0.25, 0.3) is 0 Å². The second kappa shape index (κ2) is 6.49. The number of rotatable bonds is 2. The number of pyridine rings is 1. The Kier molecular flexibility index (Phi) is 4.44. The van der Waals surface area contributed by atoms with Crippen LogP contribution < -0.4 is 0 Å². The third kappa shape index (κ3) is 3.00. The molecule has 0 saturated carbocycles. The normalized spacial score (nSPS) is 18.3. The van der Waals surface area contributed by atoms with Gasteiger partial charge < -0.3 is 4.90 Å². The molecule has 2 aromatic rings. The van der Waals surface area contributed by atoms with Crippen molar-refractivity contribution in [3.05, 3.63) is 64.4 Å². The molecule has 0 bridgehead atoms. The number of halogens is 1. The van der Waals surface area contributed by atoms with E-state index in [9.17, 15) is 4.79 Å². The van der Waals surface area contributed by atoms with Gasteiger partial charge in [-0.3, -0.25) is 4.79 Å². The minimum Gasteiger partial charge on any atom is -0.332 e. The van der Waals surface area contributed by atoms with Gasteiger partial charge in [0.2, 0.25) is 0 Å². The third-order valence-electron chi connectivity index (χ3n) is 4.26. The Morgan fingerprint density at radius 3 is 2.77 bits per heavy atom. The van der Waals surface area contributed by atoms with Gasteiger partial charge in [0, 0.05) is 18.3 Å². The van der Waals surface area contributed by atoms with Gasteiger partial charge >= 0.3 is 0 Å². The van der Waals surface area contributed by atoms with Crippen LogP contribution in [0.4, 0.5) is 0 Å². The van der Waals surface area contributed by atoms with Crippen LogP contribution in [0.5, 0.6) is 0 Å². The number of amides is 1. The van der Waals surface area contributed by atoms with Gasteiger partial charge in [-0.05, 0) is 55.5 Å². The van der Waals surface area contributed by atoms with E-state index in [0.717, 1.165) is 42.5 Å². The molecule has 0 unspecified atom stereocenters. The van der Waals surface area contributed by atoms with E-state index < -0.39 is 0 Å². The third-order valence-corrected chi connectivity index (χ3v) is 4.47. The number of benzene rings is 1. The van der Waals surface area contributed by atoms with E-state index in [0.29, 0.717) is 5.15 Å². The molecule has 3 rings (SSSR count). The summed E-state index contributed by atoms with van der Waals surface area (Å²) in [5.41, 5.74) is 2.94. The largest absolute Gasteiger partial charge is 0.332 e. The Hall–Kier alpha value is -1.87. The van der Waals surface area contributed by atoms with Gasteiger partial charge in [0.05, 0.1) is 6.04 Å². The van der Waals surface area contributed by atoms with E-state index in [4.69, 9.17) is 11.6 Å². The van der Waals surface area contributed by atoms with Crippen molar-refractivity contribution in [2.75, 3.05) is 6.54 Å². The number of piperidine rings is 1. The average molecular weight is 315 g/mol. The molecular formula is C18H19ClN2O. The maximum atomic E-state index is 12.8. The summed E-state index contributed by atoms with van der Waals surface area (Å²) in [7, 11) is 0. The molecule has 1 atom stereocenters. The van der Waals surface area contributed by atoms with Crippen LogP contribution in [0, 0.1) is 6.92 Å². The first-order valence-corrected chi connectivity index (χ1v) is 8.02. The fraction of sp³-hybridized carbons (Fsp3) is 0.333. The maximum Gasteiger partial charge on any atom is 0.254 e. The van der Waals surface area contributed by atoms with Crippen molar-refractivity contribution in [2.45, 2.75) is 32.2 Å². The first kappa shape index (κ1) is 15.0. The van der Waals surface area contributed by atoms with Crippen LogP contribution in [0.2, 0.25) is 5.15 Å². The lowest BCUT2D eigenvalue weighted by molar-refractivity contribution is 0.0610. The van der Waals surface area contributed by atoms with E-state index in [-0.39, 0.29) is 11.9 Å². The fourth-order valence-corrected chi connectivity index (χ4v) is 3.34. The van der Waals surface area contributed by atoms with Crippen molar-refractivity contribution >= 4 is 17.5 Å². The molecule has 0 radical (unpaired) electrons. The second-order valence-corrected chi connectivity index (χ2v) is 6.13. The smallest absolute Gasteiger partial charge is 0.254 e. The number of aromatic nitrogens is 1.